The molecule has 37 nitrogen and oxygen atoms in total. The number of benzene rings is 4. The number of phosphoric ester groups is 1. The lowest BCUT2D eigenvalue weighted by atomic mass is 9.86. The number of rotatable bonds is 33. The molecule has 520 valence electrons. The molecule has 4 aliphatic rings. The molecule has 4 aromatic carbocycles. The lowest BCUT2D eigenvalue weighted by Crippen LogP contribution is -2.34. The van der Waals surface area contributed by atoms with Gasteiger partial charge < -0.3 is 79.1 Å². The van der Waals surface area contributed by atoms with Gasteiger partial charge in [0.1, 0.15) is 60.8 Å². The fraction of sp³-hybridized carbons (Fsp3) is 0.397. The van der Waals surface area contributed by atoms with Gasteiger partial charge in [0.05, 0.1) is 50.0 Å². The van der Waals surface area contributed by atoms with Crippen molar-refractivity contribution in [2.24, 2.45) is 15.2 Å². The standard InChI is InChI=1S/C58H64N13O24P3/c59-69-66-33-90-48-28-53(93-49(48)30-91-97(82,83)95-98(84,85)94-96(79,80)81)71-29-37(56(75)67-58(71)78)9-4-16-63-51(73)31-86-20-21-88-52(68-70-60)32-89-38-10-1-6-36(22-38)55(74)65-18-17-64-50(72)11-5-19-87-39-12-13-40(57(76)77)41(25-39)54-42-23-34-7-2-14-61-44(34)26-46(42)92-47-27-45-35(24-43(47)54)8-3-15-62-45/h1,6,10,12-13,22-27,29,48-49,52-53,61H,2-3,5,7-8,11,14-21,28,30-33H2,(H,63,73)(H,64,72)(H,65,74)(H,76,77)(H,82,83)(H,84,85)(H,67,75,78)(H2,79,80,81). The summed E-state index contributed by atoms with van der Waals surface area (Å²) in [7, 11) is -17.2. The average molecular weight is 1420 g/mol. The normalized spacial score (nSPS) is 17.3. The van der Waals surface area contributed by atoms with Crippen LogP contribution in [0.4, 0.5) is 5.69 Å². The van der Waals surface area contributed by atoms with Gasteiger partial charge in [-0.15, -0.1) is 0 Å². The second-order valence-electron chi connectivity index (χ2n) is 21.6. The monoisotopic (exact) mass is 1420 g/mol. The number of carboxylic acid groups (broad SMARTS) is 1. The molecule has 10 N–H and O–H groups in total. The van der Waals surface area contributed by atoms with E-state index < -0.39 is 97.1 Å². The Kier molecular flexibility index (Phi) is 25.2. The van der Waals surface area contributed by atoms with E-state index in [9.17, 15) is 57.4 Å². The molecule has 98 heavy (non-hydrogen) atoms. The molecular formula is C58H64N13O24P3. The highest BCUT2D eigenvalue weighted by Crippen LogP contribution is 2.66. The second kappa shape index (κ2) is 33.8. The third-order valence-corrected chi connectivity index (χ3v) is 18.5. The highest BCUT2D eigenvalue weighted by atomic mass is 31.3. The Hall–Kier alpha value is -9.26. The number of amides is 3. The van der Waals surface area contributed by atoms with E-state index in [0.717, 1.165) is 81.5 Å². The van der Waals surface area contributed by atoms with Crippen LogP contribution in [-0.2, 0) is 68.2 Å². The SMILES string of the molecule is [N-]=[N+]=NCOC1CC(n2cc(C#CCNC(=O)COCCOC(COc3cccc(C(=O)NCCNC(=O)CCCOc4ccc(C(=O)O)c(C5=c6cc7c(cc6Oc6cc8c(cc65)CCCN8)=NCCC7)c4)c3)N=[N+]=[N-])c(=O)[nH]c2=O)OC1COP(=O)(O)OP(=O)(O)OP(=O)(O)O. The van der Waals surface area contributed by atoms with E-state index in [1.807, 2.05) is 17.1 Å². The van der Waals surface area contributed by atoms with Crippen LogP contribution >= 0.6 is 23.5 Å². The van der Waals surface area contributed by atoms with Crippen molar-refractivity contribution in [1.29, 1.82) is 0 Å². The molecule has 6 unspecified atom stereocenters. The molecule has 1 fully saturated rings. The molecule has 1 aromatic heterocycles. The fourth-order valence-corrected chi connectivity index (χ4v) is 13.5. The predicted octanol–water partition coefficient (Wildman–Crippen LogP) is 3.72. The Morgan fingerprint density at radius 3 is 2.46 bits per heavy atom. The van der Waals surface area contributed by atoms with Crippen molar-refractivity contribution < 1.29 is 104 Å². The molecule has 4 aliphatic heterocycles. The molecule has 9 rings (SSSR count). The van der Waals surface area contributed by atoms with E-state index in [-0.39, 0.29) is 87.3 Å². The number of carbonyl (C=O) groups is 4. The van der Waals surface area contributed by atoms with Crippen LogP contribution in [0.25, 0.3) is 26.5 Å². The van der Waals surface area contributed by atoms with Crippen LogP contribution in [-0.4, -0.2) is 155 Å². The summed E-state index contributed by atoms with van der Waals surface area (Å²) in [6.07, 6.45) is -0.421. The number of azide groups is 2. The minimum Gasteiger partial charge on any atom is -0.494 e. The average Bonchev–Trinajstić information content (AvgIpc) is 0.860. The van der Waals surface area contributed by atoms with Crippen molar-refractivity contribution >= 4 is 58.4 Å². The van der Waals surface area contributed by atoms with Crippen molar-refractivity contribution in [2.45, 2.75) is 69.6 Å². The minimum absolute atomic E-state index is 0.0881. The third kappa shape index (κ3) is 20.6. The molecule has 0 spiro atoms. The number of phosphoric acid groups is 3. The van der Waals surface area contributed by atoms with Crippen molar-refractivity contribution in [3.8, 4) is 34.8 Å². The molecule has 0 saturated carbocycles. The maximum atomic E-state index is 13.1. The maximum absolute atomic E-state index is 13.1. The number of anilines is 1. The van der Waals surface area contributed by atoms with Gasteiger partial charge in [0.25, 0.3) is 11.5 Å². The largest absolute Gasteiger partial charge is 0.494 e. The third-order valence-electron chi connectivity index (χ3n) is 14.7. The van der Waals surface area contributed by atoms with Crippen LogP contribution in [0.5, 0.6) is 23.0 Å². The number of aromatic amines is 1. The first-order valence-corrected chi connectivity index (χ1v) is 34.5. The number of aromatic carboxylic acids is 1. The summed E-state index contributed by atoms with van der Waals surface area (Å²) in [6.45, 7) is -1.14. The first kappa shape index (κ1) is 73.0. The fourth-order valence-electron chi connectivity index (χ4n) is 10.5. The summed E-state index contributed by atoms with van der Waals surface area (Å²) < 4.78 is 88.3. The Morgan fingerprint density at radius 2 is 1.66 bits per heavy atom. The topological polar surface area (TPSA) is 526 Å². The van der Waals surface area contributed by atoms with Crippen molar-refractivity contribution in [2.75, 3.05) is 84.4 Å². The zero-order valence-corrected chi connectivity index (χ0v) is 54.3. The summed E-state index contributed by atoms with van der Waals surface area (Å²) >= 11 is 0. The molecule has 1 saturated heterocycles. The predicted molar refractivity (Wildman–Crippen MR) is 339 cm³/mol. The van der Waals surface area contributed by atoms with Gasteiger partial charge in [-0.1, -0.05) is 28.1 Å². The van der Waals surface area contributed by atoms with E-state index in [1.54, 1.807) is 30.3 Å². The lowest BCUT2D eigenvalue weighted by molar-refractivity contribution is -0.126. The van der Waals surface area contributed by atoms with E-state index in [0.29, 0.717) is 35.8 Å². The number of nitrogens with zero attached hydrogens (tertiary/aromatic N) is 8. The molecule has 5 aromatic rings. The first-order chi connectivity index (χ1) is 46.9. The van der Waals surface area contributed by atoms with Crippen LogP contribution in [0.2, 0.25) is 0 Å². The summed E-state index contributed by atoms with van der Waals surface area (Å²) in [6, 6.07) is 19.0. The number of nitrogens with one attached hydrogen (secondary N) is 5. The molecule has 0 bridgehead atoms. The van der Waals surface area contributed by atoms with Crippen molar-refractivity contribution in [3.63, 3.8) is 0 Å². The summed E-state index contributed by atoms with van der Waals surface area (Å²) in [5.74, 6) is 4.36. The summed E-state index contributed by atoms with van der Waals surface area (Å²) in [4.78, 5) is 126. The van der Waals surface area contributed by atoms with Gasteiger partial charge >= 0.3 is 35.1 Å². The van der Waals surface area contributed by atoms with Crippen molar-refractivity contribution in [3.05, 3.63) is 164 Å². The van der Waals surface area contributed by atoms with Gasteiger partial charge in [-0.3, -0.25) is 38.2 Å². The molecule has 40 heteroatoms. The number of carboxylic acids is 1. The minimum atomic E-state index is -5.87. The number of carbonyl (C=O) groups excluding carboxylic acids is 3. The quantitative estimate of drug-likeness (QED) is 0.00701. The first-order valence-electron chi connectivity index (χ1n) is 29.9. The molecule has 3 amide bonds. The van der Waals surface area contributed by atoms with Crippen LogP contribution in [0.3, 0.4) is 0 Å². The van der Waals surface area contributed by atoms with Crippen LogP contribution in [0, 0.1) is 11.8 Å². The summed E-state index contributed by atoms with van der Waals surface area (Å²) in [5, 5.41) is 30.3. The van der Waals surface area contributed by atoms with Gasteiger partial charge in [-0.2, -0.15) is 8.62 Å². The maximum Gasteiger partial charge on any atom is 0.490 e. The number of hydrogen-bond acceptors (Lipinski definition) is 23. The molecule has 6 atom stereocenters. The molecule has 0 radical (unpaired) electrons. The second-order valence-corrected chi connectivity index (χ2v) is 26.0. The van der Waals surface area contributed by atoms with Crippen LogP contribution < -0.4 is 57.3 Å². The molecule has 5 heterocycles. The number of fused-ring (bicyclic) bond motifs is 4. The van der Waals surface area contributed by atoms with E-state index in [1.165, 1.54) is 12.1 Å². The van der Waals surface area contributed by atoms with E-state index >= 15 is 0 Å². The molecule has 0 aliphatic carbocycles. The number of ether oxygens (including phenoxy) is 7. The van der Waals surface area contributed by atoms with Crippen LogP contribution in [0.15, 0.2) is 97.7 Å². The smallest absolute Gasteiger partial charge is 0.490 e. The molecular weight excluding hydrogens is 1360 g/mol. The number of aromatic nitrogens is 2. The van der Waals surface area contributed by atoms with Crippen LogP contribution in [0.1, 0.15) is 86.9 Å². The Balaban J connectivity index is 0.671. The number of hydrogen-bond donors (Lipinski definition) is 10. The van der Waals surface area contributed by atoms with Gasteiger partial charge in [0, 0.05) is 100 Å². The van der Waals surface area contributed by atoms with E-state index in [2.05, 4.69) is 78.4 Å². The summed E-state index contributed by atoms with van der Waals surface area (Å²) in [5.41, 5.74) is 21.0. The zero-order valence-electron chi connectivity index (χ0n) is 51.6. The Morgan fingerprint density at radius 1 is 0.857 bits per heavy atom. The van der Waals surface area contributed by atoms with Crippen molar-refractivity contribution in [1.82, 2.24) is 25.5 Å². The Labute approximate surface area is 554 Å². The zero-order chi connectivity index (χ0) is 70.0. The van der Waals surface area contributed by atoms with Gasteiger partial charge in [0.15, 0.2) is 6.23 Å². The number of aryl methyl sites for hydroxylation is 2. The highest BCUT2D eigenvalue weighted by Gasteiger charge is 2.44. The lowest BCUT2D eigenvalue weighted by Gasteiger charge is -2.27. The Bertz CT molecular complexity index is 4430. The highest BCUT2D eigenvalue weighted by molar-refractivity contribution is 7.66. The van der Waals surface area contributed by atoms with E-state index in [4.69, 9.17) is 59.0 Å². The number of H-pyrrole nitrogens is 1. The van der Waals surface area contributed by atoms with Gasteiger partial charge in [-0.25, -0.2) is 23.3 Å². The van der Waals surface area contributed by atoms with Gasteiger partial charge in [0.2, 0.25) is 11.8 Å². The van der Waals surface area contributed by atoms with Gasteiger partial charge in [-0.05, 0) is 103 Å².